The summed E-state index contributed by atoms with van der Waals surface area (Å²) in [6.07, 6.45) is 0. The number of halogens is 1. The number of hydrogen-bond acceptors (Lipinski definition) is 2. The Labute approximate surface area is 168 Å². The number of benzene rings is 2. The van der Waals surface area contributed by atoms with Gasteiger partial charge in [0.2, 0.25) is 0 Å². The largest absolute Gasteiger partial charge is 0.372 e. The monoisotopic (exact) mass is 453 g/mol. The van der Waals surface area contributed by atoms with Gasteiger partial charge in [0, 0.05) is 19.6 Å². The summed E-state index contributed by atoms with van der Waals surface area (Å²) in [7, 11) is 1.78. The molecule has 0 fully saturated rings. The Morgan fingerprint density at radius 2 is 1.60 bits per heavy atom. The minimum absolute atomic E-state index is 0. The summed E-state index contributed by atoms with van der Waals surface area (Å²) in [6.45, 7) is 6.13. The molecule has 0 aliphatic heterocycles. The molecule has 4 nitrogen and oxygen atoms in total. The molecule has 5 heteroatoms. The molecule has 0 saturated heterocycles. The summed E-state index contributed by atoms with van der Waals surface area (Å²) >= 11 is 0. The van der Waals surface area contributed by atoms with Crippen LogP contribution < -0.4 is 10.6 Å². The van der Waals surface area contributed by atoms with Gasteiger partial charge in [0.05, 0.1) is 13.2 Å². The number of guanidine groups is 1. The molecule has 0 heterocycles. The zero-order chi connectivity index (χ0) is 17.2. The standard InChI is InChI=1S/C20H27N3O.HI/c1-16(2)23-20(21-3)22-13-18-11-7-8-12-19(18)15-24-14-17-9-5-4-6-10-17;/h4-12,16H,13-15H2,1-3H3,(H2,21,22,23);1H. The minimum atomic E-state index is 0. The third kappa shape index (κ3) is 7.88. The van der Waals surface area contributed by atoms with Crippen LogP contribution >= 0.6 is 24.0 Å². The Morgan fingerprint density at radius 1 is 0.960 bits per heavy atom. The molecule has 0 saturated carbocycles. The highest BCUT2D eigenvalue weighted by molar-refractivity contribution is 14.0. The Hall–Kier alpha value is -1.60. The molecule has 0 radical (unpaired) electrons. The van der Waals surface area contributed by atoms with Crippen molar-refractivity contribution < 1.29 is 4.74 Å². The third-order valence-electron chi connectivity index (χ3n) is 3.58. The number of ether oxygens (including phenoxy) is 1. The molecule has 0 bridgehead atoms. The van der Waals surface area contributed by atoms with Crippen LogP contribution in [0.2, 0.25) is 0 Å². The second kappa shape index (κ2) is 11.9. The van der Waals surface area contributed by atoms with E-state index in [9.17, 15) is 0 Å². The third-order valence-corrected chi connectivity index (χ3v) is 3.58. The molecule has 136 valence electrons. The number of nitrogens with zero attached hydrogens (tertiary/aromatic N) is 1. The van der Waals surface area contributed by atoms with E-state index in [4.69, 9.17) is 4.74 Å². The van der Waals surface area contributed by atoms with Crippen LogP contribution in [0.15, 0.2) is 59.6 Å². The van der Waals surface area contributed by atoms with Gasteiger partial charge >= 0.3 is 0 Å². The van der Waals surface area contributed by atoms with Crippen LogP contribution in [-0.2, 0) is 24.5 Å². The van der Waals surface area contributed by atoms with Crippen molar-refractivity contribution in [2.75, 3.05) is 7.05 Å². The fourth-order valence-electron chi connectivity index (χ4n) is 2.37. The zero-order valence-corrected chi connectivity index (χ0v) is 17.5. The van der Waals surface area contributed by atoms with Crippen LogP contribution in [0, 0.1) is 0 Å². The molecule has 2 aromatic carbocycles. The van der Waals surface area contributed by atoms with E-state index < -0.39 is 0 Å². The van der Waals surface area contributed by atoms with Crippen LogP contribution in [-0.4, -0.2) is 19.0 Å². The number of hydrogen-bond donors (Lipinski definition) is 2. The maximum atomic E-state index is 5.87. The fourth-order valence-corrected chi connectivity index (χ4v) is 2.37. The van der Waals surface area contributed by atoms with E-state index in [1.165, 1.54) is 16.7 Å². The Kier molecular flexibility index (Phi) is 10.2. The summed E-state index contributed by atoms with van der Waals surface area (Å²) in [6, 6.07) is 18.9. The second-order valence-corrected chi connectivity index (χ2v) is 5.97. The van der Waals surface area contributed by atoms with Crippen molar-refractivity contribution in [2.24, 2.45) is 4.99 Å². The molecule has 25 heavy (non-hydrogen) atoms. The molecule has 0 unspecified atom stereocenters. The predicted octanol–water partition coefficient (Wildman–Crippen LogP) is 4.09. The smallest absolute Gasteiger partial charge is 0.191 e. The SMILES string of the molecule is CN=C(NCc1ccccc1COCc1ccccc1)NC(C)C.I. The van der Waals surface area contributed by atoms with Crippen LogP contribution in [0.3, 0.4) is 0 Å². The van der Waals surface area contributed by atoms with Crippen LogP contribution in [0.4, 0.5) is 0 Å². The van der Waals surface area contributed by atoms with E-state index >= 15 is 0 Å². The topological polar surface area (TPSA) is 45.7 Å². The van der Waals surface area contributed by atoms with E-state index in [2.05, 4.69) is 59.8 Å². The van der Waals surface area contributed by atoms with Gasteiger partial charge < -0.3 is 15.4 Å². The highest BCUT2D eigenvalue weighted by Crippen LogP contribution is 2.11. The van der Waals surface area contributed by atoms with E-state index in [0.717, 1.165) is 12.5 Å². The quantitative estimate of drug-likeness (QED) is 0.377. The van der Waals surface area contributed by atoms with Gasteiger partial charge in [-0.15, -0.1) is 24.0 Å². The van der Waals surface area contributed by atoms with Crippen molar-refractivity contribution >= 4 is 29.9 Å². The number of rotatable bonds is 7. The van der Waals surface area contributed by atoms with Gasteiger partial charge in [0.15, 0.2) is 5.96 Å². The first-order valence-corrected chi connectivity index (χ1v) is 8.34. The van der Waals surface area contributed by atoms with Crippen molar-refractivity contribution in [3.63, 3.8) is 0 Å². The summed E-state index contributed by atoms with van der Waals surface area (Å²) in [4.78, 5) is 4.24. The van der Waals surface area contributed by atoms with Crippen molar-refractivity contribution in [1.29, 1.82) is 0 Å². The van der Waals surface area contributed by atoms with Crippen LogP contribution in [0.1, 0.15) is 30.5 Å². The van der Waals surface area contributed by atoms with E-state index in [1.54, 1.807) is 7.05 Å². The highest BCUT2D eigenvalue weighted by Gasteiger charge is 2.05. The van der Waals surface area contributed by atoms with Gasteiger partial charge in [0.25, 0.3) is 0 Å². The van der Waals surface area contributed by atoms with E-state index in [-0.39, 0.29) is 24.0 Å². The van der Waals surface area contributed by atoms with Crippen molar-refractivity contribution in [2.45, 2.75) is 39.6 Å². The molecule has 0 aliphatic rings. The maximum Gasteiger partial charge on any atom is 0.191 e. The predicted molar refractivity (Wildman–Crippen MR) is 115 cm³/mol. The van der Waals surface area contributed by atoms with Gasteiger partial charge in [0.1, 0.15) is 0 Å². The van der Waals surface area contributed by atoms with Gasteiger partial charge in [-0.05, 0) is 30.5 Å². The van der Waals surface area contributed by atoms with Gasteiger partial charge in [-0.2, -0.15) is 0 Å². The molecular formula is C20H28IN3O. The lowest BCUT2D eigenvalue weighted by Gasteiger charge is -2.16. The average molecular weight is 453 g/mol. The normalized spacial score (nSPS) is 11.1. The second-order valence-electron chi connectivity index (χ2n) is 5.97. The van der Waals surface area contributed by atoms with Crippen LogP contribution in [0.5, 0.6) is 0 Å². The van der Waals surface area contributed by atoms with Crippen molar-refractivity contribution in [3.05, 3.63) is 71.3 Å². The average Bonchev–Trinajstić information content (AvgIpc) is 2.60. The Balaban J connectivity index is 0.00000312. The molecule has 0 spiro atoms. The van der Waals surface area contributed by atoms with E-state index in [0.29, 0.717) is 19.3 Å². The molecule has 0 amide bonds. The van der Waals surface area contributed by atoms with Gasteiger partial charge in [-0.1, -0.05) is 54.6 Å². The minimum Gasteiger partial charge on any atom is -0.372 e. The first-order chi connectivity index (χ1) is 11.7. The summed E-state index contributed by atoms with van der Waals surface area (Å²) in [5, 5.41) is 6.64. The van der Waals surface area contributed by atoms with E-state index in [1.807, 2.05) is 24.3 Å². The lowest BCUT2D eigenvalue weighted by Crippen LogP contribution is -2.40. The van der Waals surface area contributed by atoms with Gasteiger partial charge in [-0.3, -0.25) is 4.99 Å². The maximum absolute atomic E-state index is 5.87. The molecular weight excluding hydrogens is 425 g/mol. The Morgan fingerprint density at radius 3 is 2.24 bits per heavy atom. The first-order valence-electron chi connectivity index (χ1n) is 8.34. The lowest BCUT2D eigenvalue weighted by atomic mass is 10.1. The molecule has 0 aliphatic carbocycles. The summed E-state index contributed by atoms with van der Waals surface area (Å²) in [5.74, 6) is 0.810. The zero-order valence-electron chi connectivity index (χ0n) is 15.2. The van der Waals surface area contributed by atoms with Crippen molar-refractivity contribution in [3.8, 4) is 0 Å². The van der Waals surface area contributed by atoms with Gasteiger partial charge in [-0.25, -0.2) is 0 Å². The molecule has 0 atom stereocenters. The molecule has 2 rings (SSSR count). The lowest BCUT2D eigenvalue weighted by molar-refractivity contribution is 0.106. The van der Waals surface area contributed by atoms with Crippen LogP contribution in [0.25, 0.3) is 0 Å². The molecule has 2 aromatic rings. The first kappa shape index (κ1) is 21.4. The summed E-state index contributed by atoms with van der Waals surface area (Å²) < 4.78 is 5.87. The van der Waals surface area contributed by atoms with Crippen molar-refractivity contribution in [1.82, 2.24) is 10.6 Å². The highest BCUT2D eigenvalue weighted by atomic mass is 127. The summed E-state index contributed by atoms with van der Waals surface area (Å²) in [5.41, 5.74) is 3.60. The number of nitrogens with one attached hydrogen (secondary N) is 2. The number of aliphatic imine (C=N–C) groups is 1. The molecule has 0 aromatic heterocycles. The molecule has 2 N–H and O–H groups in total. The fraction of sp³-hybridized carbons (Fsp3) is 0.350. The Bertz CT molecular complexity index is 644.